The maximum absolute atomic E-state index is 10.6. The van der Waals surface area contributed by atoms with Crippen LogP contribution in [0.25, 0.3) is 0 Å². The molecule has 9 heavy (non-hydrogen) atoms. The summed E-state index contributed by atoms with van der Waals surface area (Å²) >= 11 is 5.39. The monoisotopic (exact) mass is 159 g/mol. The Morgan fingerprint density at radius 2 is 2.56 bits per heavy atom. The van der Waals surface area contributed by atoms with Crippen molar-refractivity contribution in [1.82, 2.24) is 4.98 Å². The minimum Gasteiger partial charge on any atom is -0.293 e. The van der Waals surface area contributed by atoms with E-state index in [1.54, 1.807) is 5.51 Å². The molecule has 0 unspecified atom stereocenters. The number of carbonyl (C=O) groups excluding carboxylic acids is 1. The molecule has 0 spiro atoms. The molecule has 1 aromatic rings. The summed E-state index contributed by atoms with van der Waals surface area (Å²) in [6.07, 6.45) is 0. The van der Waals surface area contributed by atoms with E-state index in [0.717, 1.165) is 0 Å². The van der Waals surface area contributed by atoms with Gasteiger partial charge >= 0.3 is 0 Å². The molecule has 1 heterocycles. The third-order valence-corrected chi connectivity index (χ3v) is 2.04. The van der Waals surface area contributed by atoms with Gasteiger partial charge in [-0.2, -0.15) is 0 Å². The third-order valence-electron chi connectivity index (χ3n) is 0.882. The van der Waals surface area contributed by atoms with Gasteiger partial charge in [0.25, 0.3) is 0 Å². The van der Waals surface area contributed by atoms with Gasteiger partial charge < -0.3 is 0 Å². The number of thiazole rings is 1. The molecule has 0 aromatic carbocycles. The zero-order valence-corrected chi connectivity index (χ0v) is 6.50. The summed E-state index contributed by atoms with van der Waals surface area (Å²) in [5, 5.41) is 0. The molecule has 0 atom stereocenters. The molecule has 0 saturated carbocycles. The Morgan fingerprint density at radius 3 is 2.78 bits per heavy atom. The van der Waals surface area contributed by atoms with Crippen LogP contribution in [0.1, 0.15) is 17.4 Å². The first-order chi connectivity index (χ1) is 4.22. The Kier molecular flexibility index (Phi) is 1.87. The highest BCUT2D eigenvalue weighted by Gasteiger charge is 2.05. The van der Waals surface area contributed by atoms with Gasteiger partial charge in [0, 0.05) is 6.92 Å². The Hall–Kier alpha value is -0.350. The standard InChI is InChI=1S/C5H5NOS2/c1-3(7)4-5(8)9-2-6-4/h2,8H,1H3. The Balaban J connectivity index is 3.08. The van der Waals surface area contributed by atoms with Crippen LogP contribution in [0.15, 0.2) is 9.72 Å². The van der Waals surface area contributed by atoms with E-state index in [9.17, 15) is 4.79 Å². The van der Waals surface area contributed by atoms with Crippen LogP contribution in [0.2, 0.25) is 0 Å². The van der Waals surface area contributed by atoms with Crippen LogP contribution in [-0.4, -0.2) is 10.8 Å². The van der Waals surface area contributed by atoms with Crippen LogP contribution in [0.5, 0.6) is 0 Å². The highest BCUT2D eigenvalue weighted by atomic mass is 32.2. The predicted molar refractivity (Wildman–Crippen MR) is 39.4 cm³/mol. The Labute approximate surface area is 62.3 Å². The van der Waals surface area contributed by atoms with Gasteiger partial charge in [0.2, 0.25) is 0 Å². The summed E-state index contributed by atoms with van der Waals surface area (Å²) in [5.74, 6) is -0.0266. The molecule has 2 nitrogen and oxygen atoms in total. The van der Waals surface area contributed by atoms with Crippen molar-refractivity contribution in [2.75, 3.05) is 0 Å². The molecule has 0 fully saturated rings. The van der Waals surface area contributed by atoms with Gasteiger partial charge in [0.15, 0.2) is 5.78 Å². The van der Waals surface area contributed by atoms with Crippen molar-refractivity contribution in [3.05, 3.63) is 11.2 Å². The lowest BCUT2D eigenvalue weighted by Gasteiger charge is -1.84. The number of carbonyl (C=O) groups is 1. The Bertz CT molecular complexity index is 231. The van der Waals surface area contributed by atoms with Crippen molar-refractivity contribution in [3.8, 4) is 0 Å². The fourth-order valence-corrected chi connectivity index (χ4v) is 1.40. The first-order valence-electron chi connectivity index (χ1n) is 2.35. The van der Waals surface area contributed by atoms with Gasteiger partial charge in [-0.15, -0.1) is 24.0 Å². The van der Waals surface area contributed by atoms with E-state index in [2.05, 4.69) is 17.6 Å². The molecule has 0 aliphatic rings. The normalized spacial score (nSPS) is 9.56. The van der Waals surface area contributed by atoms with E-state index in [0.29, 0.717) is 9.90 Å². The van der Waals surface area contributed by atoms with Crippen molar-refractivity contribution >= 4 is 29.7 Å². The van der Waals surface area contributed by atoms with Crippen molar-refractivity contribution < 1.29 is 4.79 Å². The molecule has 48 valence electrons. The number of rotatable bonds is 1. The summed E-state index contributed by atoms with van der Waals surface area (Å²) in [4.78, 5) is 14.4. The van der Waals surface area contributed by atoms with Crippen molar-refractivity contribution in [2.24, 2.45) is 0 Å². The molecular weight excluding hydrogens is 154 g/mol. The minimum absolute atomic E-state index is 0.0266. The molecule has 0 bridgehead atoms. The summed E-state index contributed by atoms with van der Waals surface area (Å²) < 4.78 is 0.697. The highest BCUT2D eigenvalue weighted by molar-refractivity contribution is 7.82. The average Bonchev–Trinajstić information content (AvgIpc) is 2.13. The lowest BCUT2D eigenvalue weighted by atomic mass is 10.4. The number of hydrogen-bond donors (Lipinski definition) is 1. The van der Waals surface area contributed by atoms with E-state index in [-0.39, 0.29) is 5.78 Å². The van der Waals surface area contributed by atoms with E-state index in [1.165, 1.54) is 18.3 Å². The van der Waals surface area contributed by atoms with Crippen LogP contribution in [0.4, 0.5) is 0 Å². The molecule has 0 radical (unpaired) electrons. The summed E-state index contributed by atoms with van der Waals surface area (Å²) in [7, 11) is 0. The number of aromatic nitrogens is 1. The first-order valence-corrected chi connectivity index (χ1v) is 3.68. The number of nitrogens with zero attached hydrogens (tertiary/aromatic N) is 1. The maximum atomic E-state index is 10.6. The van der Waals surface area contributed by atoms with E-state index < -0.39 is 0 Å². The molecule has 0 aliphatic carbocycles. The molecule has 0 amide bonds. The number of hydrogen-bond acceptors (Lipinski definition) is 4. The molecule has 1 aromatic heterocycles. The van der Waals surface area contributed by atoms with Gasteiger partial charge in [0.1, 0.15) is 5.69 Å². The van der Waals surface area contributed by atoms with Crippen molar-refractivity contribution in [2.45, 2.75) is 11.1 Å². The van der Waals surface area contributed by atoms with Gasteiger partial charge in [-0.05, 0) is 0 Å². The predicted octanol–water partition coefficient (Wildman–Crippen LogP) is 1.63. The smallest absolute Gasteiger partial charge is 0.180 e. The van der Waals surface area contributed by atoms with Gasteiger partial charge in [0.05, 0.1) is 9.72 Å². The van der Waals surface area contributed by atoms with Gasteiger partial charge in [-0.25, -0.2) is 4.98 Å². The van der Waals surface area contributed by atoms with Crippen LogP contribution in [0, 0.1) is 0 Å². The fraction of sp³-hybridized carbons (Fsp3) is 0.200. The molecule has 0 N–H and O–H groups in total. The molecule has 1 rings (SSSR count). The molecule has 0 saturated heterocycles. The maximum Gasteiger partial charge on any atom is 0.180 e. The molecule has 0 aliphatic heterocycles. The Morgan fingerprint density at radius 1 is 1.89 bits per heavy atom. The molecular formula is C5H5NOS2. The van der Waals surface area contributed by atoms with Crippen LogP contribution in [-0.2, 0) is 0 Å². The number of Topliss-reactive ketones (excluding diaryl/α,β-unsaturated/α-hetero) is 1. The van der Waals surface area contributed by atoms with E-state index >= 15 is 0 Å². The first kappa shape index (κ1) is 6.77. The molecule has 4 heteroatoms. The van der Waals surface area contributed by atoms with Gasteiger partial charge in [-0.1, -0.05) is 0 Å². The third kappa shape index (κ3) is 1.31. The van der Waals surface area contributed by atoms with E-state index in [1.807, 2.05) is 0 Å². The largest absolute Gasteiger partial charge is 0.293 e. The lowest BCUT2D eigenvalue weighted by Crippen LogP contribution is -1.91. The van der Waals surface area contributed by atoms with Crippen LogP contribution < -0.4 is 0 Å². The summed E-state index contributed by atoms with van der Waals surface area (Å²) in [5.41, 5.74) is 2.09. The zero-order valence-electron chi connectivity index (χ0n) is 4.79. The second kappa shape index (κ2) is 2.49. The lowest BCUT2D eigenvalue weighted by molar-refractivity contribution is 0.101. The highest BCUT2D eigenvalue weighted by Crippen LogP contribution is 2.17. The summed E-state index contributed by atoms with van der Waals surface area (Å²) in [6.45, 7) is 1.48. The van der Waals surface area contributed by atoms with Crippen molar-refractivity contribution in [1.29, 1.82) is 0 Å². The van der Waals surface area contributed by atoms with Crippen LogP contribution in [0.3, 0.4) is 0 Å². The second-order valence-corrected chi connectivity index (χ2v) is 3.17. The number of ketones is 1. The summed E-state index contributed by atoms with van der Waals surface area (Å²) in [6, 6.07) is 0. The second-order valence-electron chi connectivity index (χ2n) is 1.56. The van der Waals surface area contributed by atoms with Gasteiger partial charge in [-0.3, -0.25) is 4.79 Å². The topological polar surface area (TPSA) is 30.0 Å². The van der Waals surface area contributed by atoms with Crippen LogP contribution >= 0.6 is 24.0 Å². The minimum atomic E-state index is -0.0266. The SMILES string of the molecule is CC(=O)c1ncsc1S. The average molecular weight is 159 g/mol. The zero-order chi connectivity index (χ0) is 6.85. The fourth-order valence-electron chi connectivity index (χ4n) is 0.482. The van der Waals surface area contributed by atoms with Crippen molar-refractivity contribution in [3.63, 3.8) is 0 Å². The quantitative estimate of drug-likeness (QED) is 0.498. The number of thiol groups is 1. The van der Waals surface area contributed by atoms with E-state index in [4.69, 9.17) is 0 Å².